The maximum absolute atomic E-state index is 12.9. The lowest BCUT2D eigenvalue weighted by Gasteiger charge is -2.33. The first kappa shape index (κ1) is 14.8. The van der Waals surface area contributed by atoms with Crippen LogP contribution < -0.4 is 0 Å². The molecule has 0 bridgehead atoms. The van der Waals surface area contributed by atoms with E-state index in [1.165, 1.54) is 5.56 Å². The van der Waals surface area contributed by atoms with Crippen LogP contribution in [0, 0.1) is 0 Å². The quantitative estimate of drug-likeness (QED) is 0.728. The minimum atomic E-state index is 0.0659. The van der Waals surface area contributed by atoms with Crippen LogP contribution in [0.25, 0.3) is 11.0 Å². The van der Waals surface area contributed by atoms with Gasteiger partial charge in [-0.3, -0.25) is 19.7 Å². The van der Waals surface area contributed by atoms with E-state index < -0.39 is 0 Å². The highest BCUT2D eigenvalue weighted by atomic mass is 16.2. The highest BCUT2D eigenvalue weighted by Gasteiger charge is 2.25. The molecule has 24 heavy (non-hydrogen) atoms. The molecule has 120 valence electrons. The molecule has 1 saturated heterocycles. The van der Waals surface area contributed by atoms with E-state index in [0.717, 1.165) is 37.0 Å². The van der Waals surface area contributed by atoms with Crippen LogP contribution in [-0.2, 0) is 0 Å². The summed E-state index contributed by atoms with van der Waals surface area (Å²) >= 11 is 0. The fourth-order valence-electron chi connectivity index (χ4n) is 3.33. The van der Waals surface area contributed by atoms with Crippen molar-refractivity contribution in [2.45, 2.75) is 18.8 Å². The number of fused-ring (bicyclic) bond motifs is 1. The van der Waals surface area contributed by atoms with Gasteiger partial charge < -0.3 is 4.90 Å². The van der Waals surface area contributed by atoms with Crippen molar-refractivity contribution in [3.05, 3.63) is 66.2 Å². The molecule has 3 heterocycles. The molecular weight excluding hydrogens is 300 g/mol. The molecule has 1 atom stereocenters. The lowest BCUT2D eigenvalue weighted by molar-refractivity contribution is 0.0707. The molecule has 5 heteroatoms. The first-order chi connectivity index (χ1) is 11.8. The Balaban J connectivity index is 1.56. The maximum atomic E-state index is 12.9. The Kier molecular flexibility index (Phi) is 3.91. The van der Waals surface area contributed by atoms with Crippen LogP contribution in [0.2, 0.25) is 0 Å². The normalized spacial score (nSPS) is 17.8. The fourth-order valence-corrected chi connectivity index (χ4v) is 3.33. The second-order valence-electron chi connectivity index (χ2n) is 6.14. The van der Waals surface area contributed by atoms with Crippen molar-refractivity contribution in [1.82, 2.24) is 19.9 Å². The van der Waals surface area contributed by atoms with Crippen LogP contribution in [0.1, 0.15) is 34.7 Å². The van der Waals surface area contributed by atoms with E-state index in [4.69, 9.17) is 0 Å². The third kappa shape index (κ3) is 2.85. The number of amides is 1. The Morgan fingerprint density at radius 3 is 2.79 bits per heavy atom. The molecule has 1 aliphatic rings. The summed E-state index contributed by atoms with van der Waals surface area (Å²) in [6.45, 7) is 1.54. The molecule has 3 aromatic rings. The lowest BCUT2D eigenvalue weighted by Crippen LogP contribution is -2.39. The van der Waals surface area contributed by atoms with Gasteiger partial charge in [0.2, 0.25) is 0 Å². The molecule has 1 aliphatic heterocycles. The van der Waals surface area contributed by atoms with E-state index in [1.807, 2.05) is 35.4 Å². The second kappa shape index (κ2) is 6.35. The van der Waals surface area contributed by atoms with Crippen molar-refractivity contribution < 1.29 is 4.79 Å². The molecule has 0 saturated carbocycles. The molecule has 1 unspecified atom stereocenters. The van der Waals surface area contributed by atoms with Crippen LogP contribution in [-0.4, -0.2) is 38.8 Å². The Bertz CT molecular complexity index is 865. The first-order valence-electron chi connectivity index (χ1n) is 8.21. The van der Waals surface area contributed by atoms with E-state index in [9.17, 15) is 4.79 Å². The fraction of sp³-hybridized carbons (Fsp3) is 0.263. The monoisotopic (exact) mass is 318 g/mol. The summed E-state index contributed by atoms with van der Waals surface area (Å²) in [7, 11) is 0. The molecule has 1 aromatic carbocycles. The van der Waals surface area contributed by atoms with Crippen molar-refractivity contribution in [2.75, 3.05) is 13.1 Å². The predicted molar refractivity (Wildman–Crippen MR) is 91.7 cm³/mol. The van der Waals surface area contributed by atoms with E-state index in [2.05, 4.69) is 21.0 Å². The largest absolute Gasteiger partial charge is 0.338 e. The average molecular weight is 318 g/mol. The number of likely N-dealkylation sites (tertiary alicyclic amines) is 1. The Labute approximate surface area is 140 Å². The third-order valence-electron chi connectivity index (χ3n) is 4.58. The Hall–Kier alpha value is -2.82. The number of piperidine rings is 1. The zero-order valence-electron chi connectivity index (χ0n) is 13.3. The van der Waals surface area contributed by atoms with E-state index in [1.54, 1.807) is 18.6 Å². The van der Waals surface area contributed by atoms with Gasteiger partial charge in [-0.2, -0.15) is 0 Å². The number of carbonyl (C=O) groups is 1. The van der Waals surface area contributed by atoms with Crippen LogP contribution in [0.15, 0.2) is 55.1 Å². The summed E-state index contributed by atoms with van der Waals surface area (Å²) in [4.78, 5) is 27.6. The van der Waals surface area contributed by atoms with Gasteiger partial charge in [0.1, 0.15) is 0 Å². The first-order valence-corrected chi connectivity index (χ1v) is 8.21. The van der Waals surface area contributed by atoms with Gasteiger partial charge in [-0.25, -0.2) is 0 Å². The summed E-state index contributed by atoms with van der Waals surface area (Å²) in [5.74, 6) is 0.424. The van der Waals surface area contributed by atoms with Crippen LogP contribution in [0.3, 0.4) is 0 Å². The number of carbonyl (C=O) groups excluding carboxylic acids is 1. The minimum Gasteiger partial charge on any atom is -0.338 e. The van der Waals surface area contributed by atoms with Crippen LogP contribution >= 0.6 is 0 Å². The molecule has 0 spiro atoms. The van der Waals surface area contributed by atoms with Crippen molar-refractivity contribution in [3.63, 3.8) is 0 Å². The smallest absolute Gasteiger partial charge is 0.253 e. The van der Waals surface area contributed by atoms with Crippen LogP contribution in [0.5, 0.6) is 0 Å². The van der Waals surface area contributed by atoms with E-state index >= 15 is 0 Å². The van der Waals surface area contributed by atoms with Gasteiger partial charge in [0.05, 0.1) is 11.0 Å². The molecule has 5 nitrogen and oxygen atoms in total. The van der Waals surface area contributed by atoms with Crippen molar-refractivity contribution in [2.24, 2.45) is 0 Å². The van der Waals surface area contributed by atoms with Crippen molar-refractivity contribution in [3.8, 4) is 0 Å². The number of aromatic nitrogens is 3. The summed E-state index contributed by atoms with van der Waals surface area (Å²) in [6.07, 6.45) is 9.11. The summed E-state index contributed by atoms with van der Waals surface area (Å²) < 4.78 is 0. The van der Waals surface area contributed by atoms with Gasteiger partial charge in [-0.05, 0) is 42.7 Å². The molecular formula is C19H18N4O. The molecule has 2 aromatic heterocycles. The highest BCUT2D eigenvalue weighted by Crippen LogP contribution is 2.27. The number of hydrogen-bond acceptors (Lipinski definition) is 4. The molecule has 0 aliphatic carbocycles. The van der Waals surface area contributed by atoms with E-state index in [0.29, 0.717) is 11.5 Å². The SMILES string of the molecule is O=C(c1ccc2nccnc2c1)N1CCCC(c2cccnc2)C1. The summed E-state index contributed by atoms with van der Waals surface area (Å²) in [5, 5.41) is 0. The number of pyridine rings is 1. The van der Waals surface area contributed by atoms with Gasteiger partial charge in [0, 0.05) is 49.4 Å². The zero-order valence-corrected chi connectivity index (χ0v) is 13.3. The second-order valence-corrected chi connectivity index (χ2v) is 6.14. The molecule has 4 rings (SSSR count). The Morgan fingerprint density at radius 2 is 1.96 bits per heavy atom. The lowest BCUT2D eigenvalue weighted by atomic mass is 9.91. The average Bonchev–Trinajstić information content (AvgIpc) is 2.68. The highest BCUT2D eigenvalue weighted by molar-refractivity contribution is 5.97. The third-order valence-corrected chi connectivity index (χ3v) is 4.58. The number of hydrogen-bond donors (Lipinski definition) is 0. The summed E-state index contributed by atoms with van der Waals surface area (Å²) in [6, 6.07) is 9.58. The number of benzene rings is 1. The van der Waals surface area contributed by atoms with Crippen LogP contribution in [0.4, 0.5) is 0 Å². The maximum Gasteiger partial charge on any atom is 0.253 e. The van der Waals surface area contributed by atoms with Gasteiger partial charge in [-0.1, -0.05) is 6.07 Å². The van der Waals surface area contributed by atoms with Crippen molar-refractivity contribution in [1.29, 1.82) is 0 Å². The number of rotatable bonds is 2. The predicted octanol–water partition coefficient (Wildman–Crippen LogP) is 3.04. The molecule has 1 amide bonds. The molecule has 0 N–H and O–H groups in total. The standard InChI is InChI=1S/C19H18N4O/c24-19(14-5-6-17-18(11-14)22-9-8-21-17)23-10-2-4-16(13-23)15-3-1-7-20-12-15/h1,3,5-9,11-12,16H,2,4,10,13H2. The number of nitrogens with zero attached hydrogens (tertiary/aromatic N) is 4. The van der Waals surface area contributed by atoms with Gasteiger partial charge in [0.15, 0.2) is 0 Å². The van der Waals surface area contributed by atoms with E-state index in [-0.39, 0.29) is 5.91 Å². The van der Waals surface area contributed by atoms with Gasteiger partial charge in [0.25, 0.3) is 5.91 Å². The van der Waals surface area contributed by atoms with Crippen molar-refractivity contribution >= 4 is 16.9 Å². The topological polar surface area (TPSA) is 59.0 Å². The summed E-state index contributed by atoms with van der Waals surface area (Å²) in [5.41, 5.74) is 3.44. The van der Waals surface area contributed by atoms with Gasteiger partial charge in [-0.15, -0.1) is 0 Å². The van der Waals surface area contributed by atoms with Gasteiger partial charge >= 0.3 is 0 Å². The molecule has 1 fully saturated rings. The Morgan fingerprint density at radius 1 is 1.08 bits per heavy atom. The minimum absolute atomic E-state index is 0.0659. The molecule has 0 radical (unpaired) electrons. The zero-order chi connectivity index (χ0) is 16.4.